The van der Waals surface area contributed by atoms with Gasteiger partial charge < -0.3 is 0 Å². The summed E-state index contributed by atoms with van der Waals surface area (Å²) < 4.78 is 28.6. The lowest BCUT2D eigenvalue weighted by atomic mass is 10.0. The zero-order valence-electron chi connectivity index (χ0n) is 11.0. The highest BCUT2D eigenvalue weighted by Gasteiger charge is 2.38. The van der Waals surface area contributed by atoms with Gasteiger partial charge >= 0.3 is 0 Å². The molecule has 2 fully saturated rings. The third-order valence-corrected chi connectivity index (χ3v) is 6.61. The number of halogens is 1. The van der Waals surface area contributed by atoms with Crippen molar-refractivity contribution in [3.63, 3.8) is 0 Å². The second-order valence-electron chi connectivity index (χ2n) is 5.34. The lowest BCUT2D eigenvalue weighted by molar-refractivity contribution is 0.254. The van der Waals surface area contributed by atoms with E-state index in [1.54, 1.807) is 8.61 Å². The highest BCUT2D eigenvalue weighted by molar-refractivity contribution is 7.86. The molecule has 6 heteroatoms. The van der Waals surface area contributed by atoms with Crippen molar-refractivity contribution in [1.82, 2.24) is 8.61 Å². The molecule has 18 heavy (non-hydrogen) atoms. The Kier molecular flexibility index (Phi) is 4.92. The zero-order chi connectivity index (χ0) is 13.2. The number of piperidine rings is 1. The van der Waals surface area contributed by atoms with E-state index in [9.17, 15) is 8.42 Å². The maximum absolute atomic E-state index is 12.6. The van der Waals surface area contributed by atoms with Crippen molar-refractivity contribution in [3.05, 3.63) is 0 Å². The van der Waals surface area contributed by atoms with Crippen LogP contribution in [0.25, 0.3) is 0 Å². The molecular weight excluding hydrogens is 272 g/mol. The first-order chi connectivity index (χ1) is 8.59. The van der Waals surface area contributed by atoms with Gasteiger partial charge in [-0.1, -0.05) is 6.92 Å². The third kappa shape index (κ3) is 2.84. The molecule has 2 unspecified atom stereocenters. The van der Waals surface area contributed by atoms with Gasteiger partial charge in [-0.2, -0.15) is 17.0 Å². The molecule has 106 valence electrons. The number of alkyl halides is 1. The second-order valence-corrected chi connectivity index (χ2v) is 7.53. The number of rotatable bonds is 4. The normalized spacial score (nSPS) is 31.9. The van der Waals surface area contributed by atoms with Crippen molar-refractivity contribution < 1.29 is 8.42 Å². The van der Waals surface area contributed by atoms with Gasteiger partial charge in [-0.25, -0.2) is 0 Å². The van der Waals surface area contributed by atoms with Gasteiger partial charge in [0.25, 0.3) is 10.2 Å². The van der Waals surface area contributed by atoms with Gasteiger partial charge in [-0.3, -0.25) is 0 Å². The maximum atomic E-state index is 12.6. The Labute approximate surface area is 115 Å². The van der Waals surface area contributed by atoms with Crippen molar-refractivity contribution in [2.75, 3.05) is 25.5 Å². The molecule has 0 radical (unpaired) electrons. The van der Waals surface area contributed by atoms with Crippen molar-refractivity contribution >= 4 is 21.8 Å². The van der Waals surface area contributed by atoms with Gasteiger partial charge in [0.15, 0.2) is 0 Å². The van der Waals surface area contributed by atoms with Crippen LogP contribution in [0, 0.1) is 5.92 Å². The molecule has 0 amide bonds. The predicted molar refractivity (Wildman–Crippen MR) is 74.0 cm³/mol. The Morgan fingerprint density at radius 1 is 1.22 bits per heavy atom. The minimum Gasteiger partial charge on any atom is -0.195 e. The molecular formula is C12H23ClN2O2S. The molecule has 2 saturated heterocycles. The number of hydrogen-bond acceptors (Lipinski definition) is 2. The van der Waals surface area contributed by atoms with Crippen molar-refractivity contribution in [3.8, 4) is 0 Å². The molecule has 2 rings (SSSR count). The Hall–Kier alpha value is 0.160. The molecule has 2 atom stereocenters. The molecule has 0 N–H and O–H groups in total. The summed E-state index contributed by atoms with van der Waals surface area (Å²) in [5, 5.41) is 0. The van der Waals surface area contributed by atoms with Crippen LogP contribution < -0.4 is 0 Å². The Bertz CT molecular complexity index is 374. The Morgan fingerprint density at radius 3 is 2.61 bits per heavy atom. The van der Waals surface area contributed by atoms with Crippen LogP contribution in [-0.4, -0.2) is 48.6 Å². The quantitative estimate of drug-likeness (QED) is 0.745. The van der Waals surface area contributed by atoms with Crippen LogP contribution in [0.5, 0.6) is 0 Å². The smallest absolute Gasteiger partial charge is 0.195 e. The van der Waals surface area contributed by atoms with Gasteiger partial charge in [0.1, 0.15) is 0 Å². The molecule has 0 aliphatic carbocycles. The first-order valence-corrected chi connectivity index (χ1v) is 8.85. The molecule has 2 aliphatic rings. The van der Waals surface area contributed by atoms with E-state index in [1.165, 1.54) is 0 Å². The third-order valence-electron chi connectivity index (χ3n) is 4.12. The first kappa shape index (κ1) is 14.6. The van der Waals surface area contributed by atoms with E-state index < -0.39 is 10.2 Å². The summed E-state index contributed by atoms with van der Waals surface area (Å²) in [6.07, 6.45) is 4.88. The lowest BCUT2D eigenvalue weighted by Crippen LogP contribution is -2.49. The minimum absolute atomic E-state index is 0.200. The van der Waals surface area contributed by atoms with Crippen LogP contribution in [0.2, 0.25) is 0 Å². The zero-order valence-corrected chi connectivity index (χ0v) is 12.6. The van der Waals surface area contributed by atoms with Crippen molar-refractivity contribution in [1.29, 1.82) is 0 Å². The highest BCUT2D eigenvalue weighted by Crippen LogP contribution is 2.28. The van der Waals surface area contributed by atoms with Crippen LogP contribution in [0.4, 0.5) is 0 Å². The van der Waals surface area contributed by atoms with E-state index in [2.05, 4.69) is 6.92 Å². The summed E-state index contributed by atoms with van der Waals surface area (Å²) in [7, 11) is -3.26. The molecule has 4 nitrogen and oxygen atoms in total. The molecule has 0 spiro atoms. The summed E-state index contributed by atoms with van der Waals surface area (Å²) >= 11 is 5.88. The summed E-state index contributed by atoms with van der Waals surface area (Å²) in [6.45, 7) is 4.00. The van der Waals surface area contributed by atoms with Crippen LogP contribution in [0.15, 0.2) is 0 Å². The van der Waals surface area contributed by atoms with Gasteiger partial charge in [0.2, 0.25) is 0 Å². The first-order valence-electron chi connectivity index (χ1n) is 6.92. The monoisotopic (exact) mass is 294 g/mol. The average molecular weight is 295 g/mol. The highest BCUT2D eigenvalue weighted by atomic mass is 35.5. The van der Waals surface area contributed by atoms with E-state index in [-0.39, 0.29) is 6.04 Å². The van der Waals surface area contributed by atoms with Crippen molar-refractivity contribution in [2.45, 2.75) is 45.1 Å². The maximum Gasteiger partial charge on any atom is 0.282 e. The van der Waals surface area contributed by atoms with E-state index in [0.717, 1.165) is 32.1 Å². The van der Waals surface area contributed by atoms with Gasteiger partial charge in [-0.05, 0) is 38.0 Å². The van der Waals surface area contributed by atoms with Crippen LogP contribution in [0.1, 0.15) is 39.0 Å². The summed E-state index contributed by atoms with van der Waals surface area (Å²) in [4.78, 5) is 0. The molecule has 2 aliphatic heterocycles. The predicted octanol–water partition coefficient (Wildman–Crippen LogP) is 2.06. The number of hydrogen-bond donors (Lipinski definition) is 0. The van der Waals surface area contributed by atoms with E-state index in [1.807, 2.05) is 0 Å². The largest absolute Gasteiger partial charge is 0.282 e. The molecule has 0 saturated carbocycles. The van der Waals surface area contributed by atoms with E-state index >= 15 is 0 Å². The van der Waals surface area contributed by atoms with Crippen molar-refractivity contribution in [2.24, 2.45) is 5.92 Å². The molecule has 0 aromatic carbocycles. The van der Waals surface area contributed by atoms with Crippen LogP contribution in [-0.2, 0) is 10.2 Å². The Balaban J connectivity index is 2.10. The van der Waals surface area contributed by atoms with E-state index in [4.69, 9.17) is 11.6 Å². The molecule has 0 aromatic heterocycles. The lowest BCUT2D eigenvalue weighted by Gasteiger charge is -2.35. The summed E-state index contributed by atoms with van der Waals surface area (Å²) in [5.74, 6) is 0.876. The molecule has 0 bridgehead atoms. The van der Waals surface area contributed by atoms with Gasteiger partial charge in [0.05, 0.1) is 0 Å². The summed E-state index contributed by atoms with van der Waals surface area (Å²) in [6, 6.07) is 0.200. The minimum atomic E-state index is -3.26. The van der Waals surface area contributed by atoms with Crippen LogP contribution >= 0.6 is 11.6 Å². The van der Waals surface area contributed by atoms with E-state index in [0.29, 0.717) is 31.4 Å². The topological polar surface area (TPSA) is 40.6 Å². The van der Waals surface area contributed by atoms with Gasteiger partial charge in [-0.15, -0.1) is 11.6 Å². The number of nitrogens with zero attached hydrogens (tertiary/aromatic N) is 2. The summed E-state index contributed by atoms with van der Waals surface area (Å²) in [5.41, 5.74) is 0. The van der Waals surface area contributed by atoms with Gasteiger partial charge in [0, 0.05) is 31.6 Å². The SMILES string of the molecule is CCC1CCCN1S(=O)(=O)N1CCCC(CCl)C1. The fourth-order valence-corrected chi connectivity index (χ4v) is 5.33. The van der Waals surface area contributed by atoms with Crippen LogP contribution in [0.3, 0.4) is 0 Å². The fraction of sp³-hybridized carbons (Fsp3) is 1.00. The standard InChI is InChI=1S/C12H23ClN2O2S/c1-2-12-6-4-8-15(12)18(16,17)14-7-3-5-11(9-13)10-14/h11-12H,2-10H2,1H3. The molecule has 2 heterocycles. The fourth-order valence-electron chi connectivity index (χ4n) is 3.03. The second kappa shape index (κ2) is 6.07. The average Bonchev–Trinajstić information content (AvgIpc) is 2.88. The molecule has 0 aromatic rings. The Morgan fingerprint density at radius 2 is 1.94 bits per heavy atom.